The number of imidazole rings is 1. The van der Waals surface area contributed by atoms with E-state index in [4.69, 9.17) is 9.47 Å². The predicted octanol–water partition coefficient (Wildman–Crippen LogP) is 3.27. The number of carbonyl (C=O) groups is 2. The average Bonchev–Trinajstić information content (AvgIpc) is 3.47. The van der Waals surface area contributed by atoms with Crippen LogP contribution in [0.3, 0.4) is 0 Å². The molecule has 0 fully saturated rings. The topological polar surface area (TPSA) is 122 Å². The number of fused-ring (bicyclic) bond motifs is 2. The quantitative estimate of drug-likeness (QED) is 0.260. The van der Waals surface area contributed by atoms with E-state index in [-0.39, 0.29) is 23.8 Å². The molecule has 0 radical (unpaired) electrons. The second-order valence-electron chi connectivity index (χ2n) is 6.77. The molecule has 1 aromatic carbocycles. The second kappa shape index (κ2) is 7.45. The highest BCUT2D eigenvalue weighted by Crippen LogP contribution is 2.30. The molecule has 0 amide bonds. The van der Waals surface area contributed by atoms with Gasteiger partial charge in [-0.15, -0.1) is 0 Å². The molecular formula is C22H17N5O4. The number of nitrogens with one attached hydrogen (secondary N) is 3. The molecule has 0 atom stereocenters. The summed E-state index contributed by atoms with van der Waals surface area (Å²) in [7, 11) is 0. The summed E-state index contributed by atoms with van der Waals surface area (Å²) in [6.07, 6.45) is 6.56. The normalized spacial score (nSPS) is 15.1. The average molecular weight is 415 g/mol. The van der Waals surface area contributed by atoms with Crippen LogP contribution in [-0.4, -0.2) is 38.3 Å². The Morgan fingerprint density at radius 2 is 2.16 bits per heavy atom. The van der Waals surface area contributed by atoms with Crippen LogP contribution in [0.15, 0.2) is 66.3 Å². The maximum Gasteiger partial charge on any atom is 0.347 e. The molecule has 31 heavy (non-hydrogen) atoms. The number of esters is 1. The molecule has 3 aromatic heterocycles. The molecule has 1 aliphatic heterocycles. The van der Waals surface area contributed by atoms with Crippen molar-refractivity contribution in [2.24, 2.45) is 0 Å². The Morgan fingerprint density at radius 1 is 1.26 bits per heavy atom. The van der Waals surface area contributed by atoms with E-state index in [0.29, 0.717) is 16.9 Å². The Bertz CT molecular complexity index is 1400. The molecule has 4 heterocycles. The largest absolute Gasteiger partial charge is 0.462 e. The van der Waals surface area contributed by atoms with Crippen molar-refractivity contribution in [2.75, 3.05) is 11.9 Å². The monoisotopic (exact) mass is 415 g/mol. The molecule has 1 aliphatic rings. The Balaban J connectivity index is 1.51. The van der Waals surface area contributed by atoms with Crippen molar-refractivity contribution in [3.63, 3.8) is 0 Å². The zero-order valence-corrected chi connectivity index (χ0v) is 16.4. The van der Waals surface area contributed by atoms with Crippen LogP contribution in [0.5, 0.6) is 0 Å². The van der Waals surface area contributed by atoms with Crippen LogP contribution in [0.25, 0.3) is 28.1 Å². The van der Waals surface area contributed by atoms with Crippen molar-refractivity contribution in [3.8, 4) is 0 Å². The summed E-state index contributed by atoms with van der Waals surface area (Å²) in [6, 6.07) is 9.08. The number of hydrogen-bond donors (Lipinski definition) is 3. The van der Waals surface area contributed by atoms with Crippen molar-refractivity contribution in [3.05, 3.63) is 71.8 Å². The van der Waals surface area contributed by atoms with Crippen LogP contribution in [-0.2, 0) is 19.1 Å². The van der Waals surface area contributed by atoms with Gasteiger partial charge in [-0.2, -0.15) is 0 Å². The first kappa shape index (κ1) is 18.6. The molecule has 4 aromatic rings. The molecule has 0 aliphatic carbocycles. The fourth-order valence-corrected chi connectivity index (χ4v) is 3.38. The fourth-order valence-electron chi connectivity index (χ4n) is 3.38. The number of Topliss-reactive ketones (excluding diaryl/α,β-unsaturated/α-hetero) is 1. The van der Waals surface area contributed by atoms with E-state index in [0.717, 1.165) is 16.4 Å². The summed E-state index contributed by atoms with van der Waals surface area (Å²) in [4.78, 5) is 40.0. The van der Waals surface area contributed by atoms with Gasteiger partial charge < -0.3 is 24.8 Å². The van der Waals surface area contributed by atoms with Gasteiger partial charge in [-0.3, -0.25) is 4.79 Å². The first-order chi connectivity index (χ1) is 15.1. The van der Waals surface area contributed by atoms with Gasteiger partial charge in [0.1, 0.15) is 5.65 Å². The SMILES string of the molecule is CCOC(=O)C1=C(Nc2ccc3[nH]cnc3c2)OC(=Cc2c[nH]c3ncccc23)C1=O. The lowest BCUT2D eigenvalue weighted by atomic mass is 10.1. The first-order valence-corrected chi connectivity index (χ1v) is 9.62. The minimum Gasteiger partial charge on any atom is -0.462 e. The molecule has 3 N–H and O–H groups in total. The summed E-state index contributed by atoms with van der Waals surface area (Å²) in [5.74, 6) is -1.28. The number of H-pyrrole nitrogens is 2. The van der Waals surface area contributed by atoms with Gasteiger partial charge in [-0.05, 0) is 43.3 Å². The van der Waals surface area contributed by atoms with Gasteiger partial charge in [0.15, 0.2) is 11.3 Å². The molecule has 0 saturated carbocycles. The Labute approximate surface area is 175 Å². The fraction of sp³-hybridized carbons (Fsp3) is 0.0909. The zero-order chi connectivity index (χ0) is 21.4. The number of ether oxygens (including phenoxy) is 2. The van der Waals surface area contributed by atoms with Crippen LogP contribution in [0.2, 0.25) is 0 Å². The van der Waals surface area contributed by atoms with Crippen molar-refractivity contribution in [1.29, 1.82) is 0 Å². The Morgan fingerprint density at radius 3 is 3.03 bits per heavy atom. The highest BCUT2D eigenvalue weighted by atomic mass is 16.5. The van der Waals surface area contributed by atoms with Gasteiger partial charge in [-0.1, -0.05) is 0 Å². The van der Waals surface area contributed by atoms with E-state index >= 15 is 0 Å². The molecule has 0 spiro atoms. The molecule has 0 unspecified atom stereocenters. The van der Waals surface area contributed by atoms with Crippen LogP contribution in [0, 0.1) is 0 Å². The number of ketones is 1. The molecule has 9 nitrogen and oxygen atoms in total. The number of rotatable bonds is 5. The number of hydrogen-bond acceptors (Lipinski definition) is 7. The van der Waals surface area contributed by atoms with Gasteiger partial charge in [0.05, 0.1) is 24.0 Å². The molecule has 0 saturated heterocycles. The smallest absolute Gasteiger partial charge is 0.347 e. The number of carbonyl (C=O) groups excluding carboxylic acids is 2. The summed E-state index contributed by atoms with van der Waals surface area (Å²) < 4.78 is 10.9. The summed E-state index contributed by atoms with van der Waals surface area (Å²) in [6.45, 7) is 1.81. The predicted molar refractivity (Wildman–Crippen MR) is 114 cm³/mol. The minimum atomic E-state index is -0.750. The van der Waals surface area contributed by atoms with E-state index in [9.17, 15) is 9.59 Å². The van der Waals surface area contributed by atoms with Gasteiger partial charge in [-0.25, -0.2) is 14.8 Å². The minimum absolute atomic E-state index is 0.0103. The molecule has 5 rings (SSSR count). The second-order valence-corrected chi connectivity index (χ2v) is 6.77. The Hall–Kier alpha value is -4.40. The van der Waals surface area contributed by atoms with Gasteiger partial charge in [0.25, 0.3) is 0 Å². The maximum atomic E-state index is 13.0. The number of benzene rings is 1. The van der Waals surface area contributed by atoms with E-state index < -0.39 is 11.8 Å². The lowest BCUT2D eigenvalue weighted by Gasteiger charge is -2.08. The van der Waals surface area contributed by atoms with E-state index in [1.165, 1.54) is 0 Å². The van der Waals surface area contributed by atoms with Crippen LogP contribution < -0.4 is 5.32 Å². The number of nitrogens with zero attached hydrogens (tertiary/aromatic N) is 2. The lowest BCUT2D eigenvalue weighted by Crippen LogP contribution is -2.16. The van der Waals surface area contributed by atoms with Crippen LogP contribution >= 0.6 is 0 Å². The highest BCUT2D eigenvalue weighted by molar-refractivity contribution is 6.26. The molecule has 0 bridgehead atoms. The van der Waals surface area contributed by atoms with Crippen molar-refractivity contribution < 1.29 is 19.1 Å². The summed E-state index contributed by atoms with van der Waals surface area (Å²) in [5, 5.41) is 3.84. The van der Waals surface area contributed by atoms with E-state index in [1.54, 1.807) is 49.9 Å². The highest BCUT2D eigenvalue weighted by Gasteiger charge is 2.37. The molecular weight excluding hydrogens is 398 g/mol. The third-order valence-corrected chi connectivity index (χ3v) is 4.82. The van der Waals surface area contributed by atoms with E-state index in [2.05, 4.69) is 25.3 Å². The number of allylic oxidation sites excluding steroid dienone is 1. The Kier molecular flexibility index (Phi) is 4.47. The van der Waals surface area contributed by atoms with Gasteiger partial charge in [0, 0.05) is 29.0 Å². The van der Waals surface area contributed by atoms with Gasteiger partial charge >= 0.3 is 5.97 Å². The number of aromatic amines is 2. The van der Waals surface area contributed by atoms with Crippen molar-refractivity contribution in [2.45, 2.75) is 6.92 Å². The zero-order valence-electron chi connectivity index (χ0n) is 16.4. The standard InChI is InChI=1S/C22H17N5O4/c1-2-30-22(29)18-19(28)17(8-12-10-24-20-14(12)4-3-7-23-20)31-21(18)27-13-5-6-15-16(9-13)26-11-25-15/h3-11,27H,2H2,1H3,(H,23,24)(H,25,26). The third-order valence-electron chi connectivity index (χ3n) is 4.82. The van der Waals surface area contributed by atoms with Crippen LogP contribution in [0.4, 0.5) is 5.69 Å². The molecule has 154 valence electrons. The summed E-state index contributed by atoms with van der Waals surface area (Å²) >= 11 is 0. The number of anilines is 1. The lowest BCUT2D eigenvalue weighted by molar-refractivity contribution is -0.139. The van der Waals surface area contributed by atoms with E-state index in [1.807, 2.05) is 12.1 Å². The number of pyridine rings is 1. The van der Waals surface area contributed by atoms with Crippen molar-refractivity contribution >= 4 is 45.6 Å². The maximum absolute atomic E-state index is 13.0. The van der Waals surface area contributed by atoms with Crippen molar-refractivity contribution in [1.82, 2.24) is 19.9 Å². The first-order valence-electron chi connectivity index (χ1n) is 9.62. The third kappa shape index (κ3) is 3.31. The van der Waals surface area contributed by atoms with Gasteiger partial charge in [0.2, 0.25) is 11.7 Å². The van der Waals surface area contributed by atoms with Crippen LogP contribution in [0.1, 0.15) is 12.5 Å². The summed E-state index contributed by atoms with van der Waals surface area (Å²) in [5.41, 5.74) is 3.42. The molecule has 9 heteroatoms. The number of aromatic nitrogens is 4.